The first-order valence-corrected chi connectivity index (χ1v) is 4.51. The summed E-state index contributed by atoms with van der Waals surface area (Å²) in [6.07, 6.45) is -2.45. The molecule has 0 aliphatic rings. The highest BCUT2D eigenvalue weighted by atomic mass is 19.3. The minimum atomic E-state index is -3.26. The van der Waals surface area contributed by atoms with Crippen molar-refractivity contribution in [2.45, 2.75) is 6.43 Å². The van der Waals surface area contributed by atoms with Gasteiger partial charge in [-0.1, -0.05) is 0 Å². The summed E-state index contributed by atoms with van der Waals surface area (Å²) in [5.74, 6) is -1.64. The lowest BCUT2D eigenvalue weighted by Gasteiger charge is -2.09. The van der Waals surface area contributed by atoms with E-state index in [9.17, 15) is 23.7 Å². The Bertz CT molecular complexity index is 492. The molecular weight excluding hydrogens is 254 g/mol. The van der Waals surface area contributed by atoms with Gasteiger partial charge in [0, 0.05) is 0 Å². The number of nitrogens with zero attached hydrogens (tertiary/aromatic N) is 2. The SMILES string of the molecule is COC(=O)c1ncc(OC)c([N+](=O)[O-])c1C(F)F. The normalized spacial score (nSPS) is 10.3. The highest BCUT2D eigenvalue weighted by Crippen LogP contribution is 2.38. The van der Waals surface area contributed by atoms with Crippen LogP contribution >= 0.6 is 0 Å². The average Bonchev–Trinajstić information content (AvgIpc) is 2.35. The van der Waals surface area contributed by atoms with Gasteiger partial charge < -0.3 is 9.47 Å². The first-order chi connectivity index (χ1) is 8.43. The molecule has 0 bridgehead atoms. The summed E-state index contributed by atoms with van der Waals surface area (Å²) in [7, 11) is 2.02. The van der Waals surface area contributed by atoms with Crippen LogP contribution in [0.1, 0.15) is 22.5 Å². The standard InChI is InChI=1S/C9H8F2N2O5/c1-17-4-3-12-6(9(14)18-2)5(8(10)11)7(4)13(15)16/h3,8H,1-2H3. The third kappa shape index (κ3) is 2.34. The first kappa shape index (κ1) is 13.7. The predicted molar refractivity (Wildman–Crippen MR) is 53.7 cm³/mol. The number of methoxy groups -OCH3 is 2. The number of hydrogen-bond acceptors (Lipinski definition) is 6. The van der Waals surface area contributed by atoms with Crippen molar-refractivity contribution in [1.82, 2.24) is 4.98 Å². The van der Waals surface area contributed by atoms with E-state index >= 15 is 0 Å². The number of aromatic nitrogens is 1. The summed E-state index contributed by atoms with van der Waals surface area (Å²) < 4.78 is 34.5. The van der Waals surface area contributed by atoms with Gasteiger partial charge in [-0.15, -0.1) is 0 Å². The smallest absolute Gasteiger partial charge is 0.357 e. The van der Waals surface area contributed by atoms with E-state index in [2.05, 4.69) is 14.5 Å². The molecule has 0 radical (unpaired) electrons. The second-order valence-electron chi connectivity index (χ2n) is 2.99. The second-order valence-corrected chi connectivity index (χ2v) is 2.99. The molecule has 7 nitrogen and oxygen atoms in total. The maximum atomic E-state index is 12.9. The van der Waals surface area contributed by atoms with E-state index in [1.54, 1.807) is 0 Å². The summed E-state index contributed by atoms with van der Waals surface area (Å²) in [5, 5.41) is 10.8. The lowest BCUT2D eigenvalue weighted by atomic mass is 10.1. The van der Waals surface area contributed by atoms with Crippen LogP contribution in [0.4, 0.5) is 14.5 Å². The van der Waals surface area contributed by atoms with Crippen molar-refractivity contribution in [3.8, 4) is 5.75 Å². The van der Waals surface area contributed by atoms with E-state index in [4.69, 9.17) is 0 Å². The van der Waals surface area contributed by atoms with Crippen molar-refractivity contribution in [3.63, 3.8) is 0 Å². The van der Waals surface area contributed by atoms with Crippen molar-refractivity contribution in [2.24, 2.45) is 0 Å². The van der Waals surface area contributed by atoms with E-state index in [1.165, 1.54) is 0 Å². The van der Waals surface area contributed by atoms with Gasteiger partial charge in [-0.25, -0.2) is 18.6 Å². The third-order valence-corrected chi connectivity index (χ3v) is 2.05. The van der Waals surface area contributed by atoms with E-state index in [0.29, 0.717) is 0 Å². The zero-order valence-corrected chi connectivity index (χ0v) is 9.35. The highest BCUT2D eigenvalue weighted by Gasteiger charge is 2.34. The van der Waals surface area contributed by atoms with Gasteiger partial charge in [-0.05, 0) is 0 Å². The molecule has 0 aliphatic carbocycles. The number of esters is 1. The number of nitro groups is 1. The van der Waals surface area contributed by atoms with Gasteiger partial charge in [-0.2, -0.15) is 0 Å². The van der Waals surface area contributed by atoms with Crippen molar-refractivity contribution in [3.05, 3.63) is 27.6 Å². The van der Waals surface area contributed by atoms with Crippen LogP contribution in [0.3, 0.4) is 0 Å². The summed E-state index contributed by atoms with van der Waals surface area (Å²) >= 11 is 0. The minimum absolute atomic E-state index is 0.456. The monoisotopic (exact) mass is 262 g/mol. The summed E-state index contributed by atoms with van der Waals surface area (Å²) in [5.41, 5.74) is -2.92. The van der Waals surface area contributed by atoms with Gasteiger partial charge in [0.15, 0.2) is 5.69 Å². The fourth-order valence-corrected chi connectivity index (χ4v) is 1.30. The minimum Gasteiger partial charge on any atom is -0.489 e. The molecular formula is C9H8F2N2O5. The Kier molecular flexibility index (Phi) is 4.08. The van der Waals surface area contributed by atoms with Crippen LogP contribution in [0.5, 0.6) is 5.75 Å². The first-order valence-electron chi connectivity index (χ1n) is 4.51. The van der Waals surface area contributed by atoms with Crippen LogP contribution in [0, 0.1) is 10.1 Å². The number of alkyl halides is 2. The molecule has 9 heteroatoms. The number of hydrogen-bond donors (Lipinski definition) is 0. The Balaban J connectivity index is 3.62. The molecule has 0 aromatic carbocycles. The van der Waals surface area contributed by atoms with Crippen LogP contribution in [0.2, 0.25) is 0 Å². The molecule has 1 rings (SSSR count). The van der Waals surface area contributed by atoms with Crippen LogP contribution in [-0.4, -0.2) is 30.1 Å². The molecule has 1 aromatic heterocycles. The maximum Gasteiger partial charge on any atom is 0.357 e. The topological polar surface area (TPSA) is 91.6 Å². The zero-order chi connectivity index (χ0) is 13.9. The number of pyridine rings is 1. The average molecular weight is 262 g/mol. The number of ether oxygens (including phenoxy) is 2. The highest BCUT2D eigenvalue weighted by molar-refractivity contribution is 5.90. The van der Waals surface area contributed by atoms with Crippen LogP contribution in [-0.2, 0) is 4.74 Å². The Morgan fingerprint density at radius 1 is 1.50 bits per heavy atom. The molecule has 1 aromatic rings. The Hall–Kier alpha value is -2.32. The molecule has 0 spiro atoms. The van der Waals surface area contributed by atoms with E-state index < -0.39 is 40.0 Å². The molecule has 18 heavy (non-hydrogen) atoms. The summed E-state index contributed by atoms with van der Waals surface area (Å²) in [6, 6.07) is 0. The Labute approximate surface area is 99.5 Å². The molecule has 0 aliphatic heterocycles. The van der Waals surface area contributed by atoms with Gasteiger partial charge in [0.2, 0.25) is 5.75 Å². The molecule has 0 saturated carbocycles. The van der Waals surface area contributed by atoms with Gasteiger partial charge in [0.25, 0.3) is 6.43 Å². The Morgan fingerprint density at radius 3 is 2.50 bits per heavy atom. The lowest BCUT2D eigenvalue weighted by Crippen LogP contribution is -2.12. The van der Waals surface area contributed by atoms with Crippen molar-refractivity contribution in [1.29, 1.82) is 0 Å². The van der Waals surface area contributed by atoms with Crippen LogP contribution < -0.4 is 4.74 Å². The summed E-state index contributed by atoms with van der Waals surface area (Å²) in [6.45, 7) is 0. The zero-order valence-electron chi connectivity index (χ0n) is 9.35. The van der Waals surface area contributed by atoms with Crippen LogP contribution in [0.15, 0.2) is 6.20 Å². The molecule has 0 unspecified atom stereocenters. The molecule has 0 fully saturated rings. The van der Waals surface area contributed by atoms with Crippen molar-refractivity contribution >= 4 is 11.7 Å². The van der Waals surface area contributed by atoms with E-state index in [0.717, 1.165) is 20.4 Å². The quantitative estimate of drug-likeness (QED) is 0.466. The summed E-state index contributed by atoms with van der Waals surface area (Å²) in [4.78, 5) is 24.4. The predicted octanol–water partition coefficient (Wildman–Crippen LogP) is 1.72. The van der Waals surface area contributed by atoms with Gasteiger partial charge in [0.05, 0.1) is 25.3 Å². The van der Waals surface area contributed by atoms with E-state index in [1.807, 2.05) is 0 Å². The van der Waals surface area contributed by atoms with Gasteiger partial charge in [-0.3, -0.25) is 10.1 Å². The molecule has 0 amide bonds. The van der Waals surface area contributed by atoms with Gasteiger partial charge >= 0.3 is 11.7 Å². The fourth-order valence-electron chi connectivity index (χ4n) is 1.30. The largest absolute Gasteiger partial charge is 0.489 e. The van der Waals surface area contributed by atoms with Crippen molar-refractivity contribution in [2.75, 3.05) is 14.2 Å². The second kappa shape index (κ2) is 5.34. The maximum absolute atomic E-state index is 12.9. The van der Waals surface area contributed by atoms with E-state index in [-0.39, 0.29) is 0 Å². The number of rotatable bonds is 4. The molecule has 0 atom stereocenters. The third-order valence-electron chi connectivity index (χ3n) is 2.05. The molecule has 98 valence electrons. The molecule has 1 heterocycles. The molecule has 0 N–H and O–H groups in total. The number of carbonyl (C=O) groups excluding carboxylic acids is 1. The van der Waals surface area contributed by atoms with Gasteiger partial charge in [0.1, 0.15) is 5.56 Å². The molecule has 0 saturated heterocycles. The van der Waals surface area contributed by atoms with Crippen molar-refractivity contribution < 1.29 is 28.0 Å². The van der Waals surface area contributed by atoms with Crippen LogP contribution in [0.25, 0.3) is 0 Å². The number of carbonyl (C=O) groups is 1. The lowest BCUT2D eigenvalue weighted by molar-refractivity contribution is -0.387. The number of halogens is 2. The Morgan fingerprint density at radius 2 is 2.11 bits per heavy atom. The fraction of sp³-hybridized carbons (Fsp3) is 0.333.